The fourth-order valence-electron chi connectivity index (χ4n) is 2.63. The van der Waals surface area contributed by atoms with Crippen molar-refractivity contribution in [2.75, 3.05) is 19.8 Å². The van der Waals surface area contributed by atoms with Crippen LogP contribution in [0.2, 0.25) is 0 Å². The zero-order chi connectivity index (χ0) is 14.7. The molecule has 0 amide bonds. The van der Waals surface area contributed by atoms with Crippen molar-refractivity contribution >= 4 is 12.4 Å². The first-order chi connectivity index (χ1) is 10.3. The number of fused-ring (bicyclic) bond motifs is 1. The Kier molecular flexibility index (Phi) is 5.88. The number of nitrogens with zero attached hydrogens (tertiary/aromatic N) is 3. The Hall–Kier alpha value is -1.50. The molecule has 0 spiro atoms. The second-order valence-electron chi connectivity index (χ2n) is 5.11. The van der Waals surface area contributed by atoms with Crippen molar-refractivity contribution in [2.45, 2.75) is 33.2 Å². The number of nitrogens with one attached hydrogen (secondary N) is 1. The molecule has 0 bridgehead atoms. The molecule has 0 saturated carbocycles. The molecule has 120 valence electrons. The number of hydrogen-bond donors (Lipinski definition) is 1. The summed E-state index contributed by atoms with van der Waals surface area (Å²) in [5.41, 5.74) is 4.49. The Balaban J connectivity index is 0.00000176. The number of hydrogen-bond acceptors (Lipinski definition) is 6. The number of ether oxygens (including phenoxy) is 1. The van der Waals surface area contributed by atoms with E-state index in [1.807, 2.05) is 20.0 Å². The molecule has 0 saturated heterocycles. The summed E-state index contributed by atoms with van der Waals surface area (Å²) < 4.78 is 10.6. The summed E-state index contributed by atoms with van der Waals surface area (Å²) in [6.45, 7) is 7.09. The van der Waals surface area contributed by atoms with Crippen LogP contribution in [0.1, 0.15) is 29.6 Å². The highest BCUT2D eigenvalue weighted by Crippen LogP contribution is 2.28. The summed E-state index contributed by atoms with van der Waals surface area (Å²) in [6, 6.07) is 0. The van der Waals surface area contributed by atoms with Gasteiger partial charge in [-0.25, -0.2) is 0 Å². The summed E-state index contributed by atoms with van der Waals surface area (Å²) in [5.74, 6) is 1.26. The molecule has 22 heavy (non-hydrogen) atoms. The summed E-state index contributed by atoms with van der Waals surface area (Å²) in [4.78, 5) is 8.97. The van der Waals surface area contributed by atoms with Crippen molar-refractivity contribution in [2.24, 2.45) is 0 Å². The lowest BCUT2D eigenvalue weighted by molar-refractivity contribution is 0.144. The first kappa shape index (κ1) is 16.9. The fraction of sp³-hybridized carbons (Fsp3) is 0.533. The zero-order valence-electron chi connectivity index (χ0n) is 12.9. The highest BCUT2D eigenvalue weighted by molar-refractivity contribution is 5.85. The van der Waals surface area contributed by atoms with E-state index in [-0.39, 0.29) is 12.4 Å². The van der Waals surface area contributed by atoms with Gasteiger partial charge < -0.3 is 14.6 Å². The first-order valence-corrected chi connectivity index (χ1v) is 7.38. The summed E-state index contributed by atoms with van der Waals surface area (Å²) in [6.07, 6.45) is 3.55. The van der Waals surface area contributed by atoms with E-state index >= 15 is 0 Å². The lowest BCUT2D eigenvalue weighted by Crippen LogP contribution is -2.24. The third-order valence-electron chi connectivity index (χ3n) is 3.69. The molecule has 1 aliphatic heterocycles. The van der Waals surface area contributed by atoms with Gasteiger partial charge in [0.05, 0.1) is 13.0 Å². The topological polar surface area (TPSA) is 73.1 Å². The Morgan fingerprint density at radius 3 is 3.09 bits per heavy atom. The first-order valence-electron chi connectivity index (χ1n) is 7.38. The van der Waals surface area contributed by atoms with Gasteiger partial charge >= 0.3 is 0 Å². The lowest BCUT2D eigenvalue weighted by atomic mass is 9.95. The van der Waals surface area contributed by atoms with Crippen LogP contribution in [0.15, 0.2) is 10.7 Å². The third kappa shape index (κ3) is 3.45. The van der Waals surface area contributed by atoms with Gasteiger partial charge in [-0.3, -0.25) is 4.98 Å². The van der Waals surface area contributed by atoms with Gasteiger partial charge in [0.1, 0.15) is 0 Å². The molecule has 3 rings (SSSR count). The number of rotatable bonds is 5. The number of halogens is 1. The maximum absolute atomic E-state index is 5.33. The minimum atomic E-state index is 0. The molecule has 7 heteroatoms. The average molecular weight is 325 g/mol. The van der Waals surface area contributed by atoms with Crippen LogP contribution >= 0.6 is 12.4 Å². The molecular formula is C15H21ClN4O2. The standard InChI is InChI=1S/C15H20N4O2.ClH/c1-3-20-7-5-13-18-15(19-21-13)14-10(2)17-9-11-8-16-6-4-12(11)14;/h9,16H,3-8H2,1-2H3;1H. The van der Waals surface area contributed by atoms with Crippen LogP contribution in [-0.4, -0.2) is 34.9 Å². The molecule has 0 fully saturated rings. The predicted molar refractivity (Wildman–Crippen MR) is 85.1 cm³/mol. The Morgan fingerprint density at radius 1 is 1.41 bits per heavy atom. The van der Waals surface area contributed by atoms with Crippen LogP contribution in [0, 0.1) is 6.92 Å². The predicted octanol–water partition coefficient (Wildman–Crippen LogP) is 2.09. The van der Waals surface area contributed by atoms with Crippen LogP contribution in [0.3, 0.4) is 0 Å². The van der Waals surface area contributed by atoms with Gasteiger partial charge in [0.15, 0.2) is 0 Å². The maximum Gasteiger partial charge on any atom is 0.229 e. The van der Waals surface area contributed by atoms with Crippen LogP contribution < -0.4 is 5.32 Å². The summed E-state index contributed by atoms with van der Waals surface area (Å²) >= 11 is 0. The fourth-order valence-corrected chi connectivity index (χ4v) is 2.63. The van der Waals surface area contributed by atoms with E-state index in [9.17, 15) is 0 Å². The van der Waals surface area contributed by atoms with Crippen LogP contribution in [0.4, 0.5) is 0 Å². The van der Waals surface area contributed by atoms with E-state index in [2.05, 4.69) is 20.4 Å². The van der Waals surface area contributed by atoms with Crippen molar-refractivity contribution in [3.05, 3.63) is 28.9 Å². The number of pyridine rings is 1. The third-order valence-corrected chi connectivity index (χ3v) is 3.69. The largest absolute Gasteiger partial charge is 0.381 e. The van der Waals surface area contributed by atoms with Crippen molar-refractivity contribution in [1.82, 2.24) is 20.4 Å². The molecule has 0 radical (unpaired) electrons. The van der Waals surface area contributed by atoms with E-state index in [4.69, 9.17) is 9.26 Å². The van der Waals surface area contributed by atoms with Gasteiger partial charge in [0, 0.05) is 30.6 Å². The smallest absolute Gasteiger partial charge is 0.229 e. The molecule has 1 aliphatic rings. The molecule has 0 aliphatic carbocycles. The quantitative estimate of drug-likeness (QED) is 0.849. The van der Waals surface area contributed by atoms with E-state index in [1.54, 1.807) is 0 Å². The molecule has 2 aromatic heterocycles. The maximum atomic E-state index is 5.33. The van der Waals surface area contributed by atoms with Crippen molar-refractivity contribution in [1.29, 1.82) is 0 Å². The molecule has 0 unspecified atom stereocenters. The molecular weight excluding hydrogens is 304 g/mol. The molecule has 0 aromatic carbocycles. The summed E-state index contributed by atoms with van der Waals surface area (Å²) in [5, 5.41) is 7.49. The monoisotopic (exact) mass is 324 g/mol. The Labute approximate surface area is 136 Å². The van der Waals surface area contributed by atoms with Gasteiger partial charge in [-0.2, -0.15) is 4.98 Å². The number of aromatic nitrogens is 3. The lowest BCUT2D eigenvalue weighted by Gasteiger charge is -2.19. The second kappa shape index (κ2) is 7.67. The molecule has 0 atom stereocenters. The van der Waals surface area contributed by atoms with Crippen molar-refractivity contribution in [3.8, 4) is 11.4 Å². The van der Waals surface area contributed by atoms with Crippen molar-refractivity contribution in [3.63, 3.8) is 0 Å². The minimum absolute atomic E-state index is 0. The molecule has 1 N–H and O–H groups in total. The molecule has 2 aromatic rings. The van der Waals surface area contributed by atoms with E-state index in [0.717, 1.165) is 30.8 Å². The second-order valence-corrected chi connectivity index (χ2v) is 5.11. The SMILES string of the molecule is CCOCCc1nc(-c2c(C)ncc3c2CCNC3)no1.Cl. The highest BCUT2D eigenvalue weighted by Gasteiger charge is 2.20. The van der Waals surface area contributed by atoms with Gasteiger partial charge in [-0.15, -0.1) is 12.4 Å². The van der Waals surface area contributed by atoms with Crippen molar-refractivity contribution < 1.29 is 9.26 Å². The zero-order valence-corrected chi connectivity index (χ0v) is 13.7. The minimum Gasteiger partial charge on any atom is -0.381 e. The van der Waals surface area contributed by atoms with Gasteiger partial charge in [0.25, 0.3) is 0 Å². The van der Waals surface area contributed by atoms with Crippen LogP contribution in [0.5, 0.6) is 0 Å². The molecule has 3 heterocycles. The Morgan fingerprint density at radius 2 is 2.27 bits per heavy atom. The van der Waals surface area contributed by atoms with E-state index < -0.39 is 0 Å². The van der Waals surface area contributed by atoms with Gasteiger partial charge in [0.2, 0.25) is 11.7 Å². The molecule has 6 nitrogen and oxygen atoms in total. The highest BCUT2D eigenvalue weighted by atomic mass is 35.5. The normalized spacial score (nSPS) is 13.5. The van der Waals surface area contributed by atoms with Gasteiger partial charge in [-0.1, -0.05) is 5.16 Å². The van der Waals surface area contributed by atoms with Crippen LogP contribution in [0.25, 0.3) is 11.4 Å². The van der Waals surface area contributed by atoms with E-state index in [1.165, 1.54) is 11.1 Å². The average Bonchev–Trinajstić information content (AvgIpc) is 2.96. The number of aryl methyl sites for hydroxylation is 1. The summed E-state index contributed by atoms with van der Waals surface area (Å²) in [7, 11) is 0. The Bertz CT molecular complexity index is 630. The van der Waals surface area contributed by atoms with Gasteiger partial charge in [-0.05, 0) is 37.9 Å². The van der Waals surface area contributed by atoms with E-state index in [0.29, 0.717) is 31.3 Å². The van der Waals surface area contributed by atoms with Crippen LogP contribution in [-0.2, 0) is 24.1 Å².